The lowest BCUT2D eigenvalue weighted by atomic mass is 9.47. The van der Waals surface area contributed by atoms with Crippen LogP contribution < -0.4 is 0 Å². The Bertz CT molecular complexity index is 697. The minimum atomic E-state index is -0.00925. The van der Waals surface area contributed by atoms with E-state index < -0.39 is 0 Å². The van der Waals surface area contributed by atoms with E-state index in [2.05, 4.69) is 26.8 Å². The molecule has 0 heterocycles. The Morgan fingerprint density at radius 3 is 2.54 bits per heavy atom. The number of rotatable bonds is 3. The monoisotopic (exact) mass is 354 g/mol. The van der Waals surface area contributed by atoms with Gasteiger partial charge in [-0.05, 0) is 92.6 Å². The number of fused-ring (bicyclic) bond motifs is 5. The van der Waals surface area contributed by atoms with Crippen molar-refractivity contribution in [2.24, 2.45) is 34.5 Å². The van der Waals surface area contributed by atoms with Crippen LogP contribution in [0.2, 0.25) is 0 Å². The molecule has 0 bridgehead atoms. The third-order valence-electron chi connectivity index (χ3n) is 8.98. The number of hydrogen-bond donors (Lipinski definition) is 0. The molecule has 5 atom stereocenters. The summed E-state index contributed by atoms with van der Waals surface area (Å²) in [5.41, 5.74) is 3.72. The van der Waals surface area contributed by atoms with Crippen molar-refractivity contribution in [3.63, 3.8) is 0 Å². The second kappa shape index (κ2) is 5.72. The molecule has 0 unspecified atom stereocenters. The second-order valence-corrected chi connectivity index (χ2v) is 10.2. The average molecular weight is 355 g/mol. The highest BCUT2D eigenvalue weighted by atomic mass is 16.5. The van der Waals surface area contributed by atoms with Crippen molar-refractivity contribution in [1.29, 1.82) is 0 Å². The predicted octanol–water partition coefficient (Wildman–Crippen LogP) is 5.83. The summed E-state index contributed by atoms with van der Waals surface area (Å²) in [6.07, 6.45) is 13.2. The Balaban J connectivity index is 1.58. The number of ketones is 1. The summed E-state index contributed by atoms with van der Waals surface area (Å²) in [6, 6.07) is 0. The van der Waals surface area contributed by atoms with Crippen molar-refractivity contribution in [2.75, 3.05) is 6.61 Å². The Morgan fingerprint density at radius 1 is 1.04 bits per heavy atom. The van der Waals surface area contributed by atoms with Gasteiger partial charge in [0.05, 0.1) is 12.4 Å². The molecule has 142 valence electrons. The van der Waals surface area contributed by atoms with E-state index in [9.17, 15) is 4.79 Å². The van der Waals surface area contributed by atoms with Gasteiger partial charge >= 0.3 is 0 Å². The van der Waals surface area contributed by atoms with Crippen LogP contribution in [-0.2, 0) is 9.53 Å². The molecule has 0 spiro atoms. The van der Waals surface area contributed by atoms with Crippen molar-refractivity contribution in [3.05, 3.63) is 23.0 Å². The summed E-state index contributed by atoms with van der Waals surface area (Å²) in [4.78, 5) is 12.7. The van der Waals surface area contributed by atoms with E-state index in [1.807, 2.05) is 0 Å². The molecule has 0 radical (unpaired) electrons. The first-order chi connectivity index (χ1) is 12.5. The minimum Gasteiger partial charge on any atom is -0.498 e. The van der Waals surface area contributed by atoms with Crippen molar-refractivity contribution in [2.45, 2.75) is 78.6 Å². The summed E-state index contributed by atoms with van der Waals surface area (Å²) in [5, 5.41) is 0. The van der Waals surface area contributed by atoms with E-state index in [0.29, 0.717) is 17.1 Å². The fourth-order valence-electron chi connectivity index (χ4n) is 7.38. The van der Waals surface area contributed by atoms with Crippen LogP contribution in [0.4, 0.5) is 0 Å². The molecule has 5 rings (SSSR count). The molecule has 0 saturated heterocycles. The fourth-order valence-corrected chi connectivity index (χ4v) is 7.38. The van der Waals surface area contributed by atoms with Crippen LogP contribution in [0.25, 0.3) is 0 Å². The van der Waals surface area contributed by atoms with E-state index >= 15 is 0 Å². The lowest BCUT2D eigenvalue weighted by Gasteiger charge is -2.57. The van der Waals surface area contributed by atoms with Crippen LogP contribution in [0.5, 0.6) is 0 Å². The molecule has 3 saturated carbocycles. The van der Waals surface area contributed by atoms with Gasteiger partial charge < -0.3 is 4.74 Å². The highest BCUT2D eigenvalue weighted by molar-refractivity contribution is 5.87. The van der Waals surface area contributed by atoms with Gasteiger partial charge in [0.25, 0.3) is 0 Å². The zero-order chi connectivity index (χ0) is 18.1. The molecule has 26 heavy (non-hydrogen) atoms. The number of carbonyl (C=O) groups is 1. The Labute approximate surface area is 158 Å². The van der Waals surface area contributed by atoms with Gasteiger partial charge in [-0.1, -0.05) is 19.4 Å². The Hall–Kier alpha value is -1.05. The molecular weight excluding hydrogens is 320 g/mol. The van der Waals surface area contributed by atoms with Gasteiger partial charge in [0.2, 0.25) is 0 Å². The largest absolute Gasteiger partial charge is 0.498 e. The molecule has 2 heteroatoms. The van der Waals surface area contributed by atoms with Crippen molar-refractivity contribution in [3.8, 4) is 0 Å². The molecule has 0 aliphatic heterocycles. The van der Waals surface area contributed by atoms with Gasteiger partial charge in [0.15, 0.2) is 0 Å². The second-order valence-electron chi connectivity index (χ2n) is 10.2. The van der Waals surface area contributed by atoms with Crippen LogP contribution in [0.1, 0.15) is 78.6 Å². The van der Waals surface area contributed by atoms with E-state index in [1.54, 1.807) is 11.1 Å². The lowest BCUT2D eigenvalue weighted by Crippen LogP contribution is -2.50. The van der Waals surface area contributed by atoms with Crippen molar-refractivity contribution < 1.29 is 9.53 Å². The number of ether oxygens (including phenoxy) is 1. The standard InChI is InChI=1S/C24H34O2/c1-4-26-16-9-11-23(2)20-10-12-24(3)19(7-8-22(24)25)18(20)14-17(15-5-6-15)21(23)13-16/h13,15,18-20H,4-12,14H2,1-3H3/t18-,19-,20-,23+,24-/m0/s1. The average Bonchev–Trinajstić information content (AvgIpc) is 3.41. The van der Waals surface area contributed by atoms with Gasteiger partial charge in [-0.25, -0.2) is 0 Å². The van der Waals surface area contributed by atoms with Crippen molar-refractivity contribution in [1.82, 2.24) is 0 Å². The first kappa shape index (κ1) is 17.1. The molecule has 0 aromatic heterocycles. The van der Waals surface area contributed by atoms with E-state index in [0.717, 1.165) is 50.0 Å². The molecule has 5 aliphatic rings. The molecule has 0 amide bonds. The summed E-state index contributed by atoms with van der Waals surface area (Å²) >= 11 is 0. The Kier molecular flexibility index (Phi) is 3.76. The first-order valence-corrected chi connectivity index (χ1v) is 11.1. The number of allylic oxidation sites excluding steroid dienone is 4. The van der Waals surface area contributed by atoms with Crippen LogP contribution in [0.3, 0.4) is 0 Å². The fraction of sp³-hybridized carbons (Fsp3) is 0.792. The third-order valence-corrected chi connectivity index (χ3v) is 8.98. The van der Waals surface area contributed by atoms with Crippen LogP contribution in [-0.4, -0.2) is 12.4 Å². The van der Waals surface area contributed by atoms with E-state index in [1.165, 1.54) is 37.9 Å². The quantitative estimate of drug-likeness (QED) is 0.637. The van der Waals surface area contributed by atoms with Crippen LogP contribution in [0.15, 0.2) is 23.0 Å². The predicted molar refractivity (Wildman–Crippen MR) is 103 cm³/mol. The highest BCUT2D eigenvalue weighted by Crippen LogP contribution is 2.66. The minimum absolute atomic E-state index is 0.00925. The smallest absolute Gasteiger partial charge is 0.139 e. The number of hydrogen-bond acceptors (Lipinski definition) is 2. The van der Waals surface area contributed by atoms with E-state index in [-0.39, 0.29) is 5.41 Å². The number of Topliss-reactive ketones (excluding diaryl/α,β-unsaturated/α-hetero) is 1. The normalized spacial score (nSPS) is 45.0. The van der Waals surface area contributed by atoms with Crippen molar-refractivity contribution >= 4 is 5.78 Å². The number of carbonyl (C=O) groups excluding carboxylic acids is 1. The maximum atomic E-state index is 12.7. The molecule has 0 N–H and O–H groups in total. The molecular formula is C24H34O2. The Morgan fingerprint density at radius 2 is 1.81 bits per heavy atom. The summed E-state index contributed by atoms with van der Waals surface area (Å²) in [7, 11) is 0. The van der Waals surface area contributed by atoms with Gasteiger partial charge in [0.1, 0.15) is 5.78 Å². The highest BCUT2D eigenvalue weighted by Gasteiger charge is 2.59. The third kappa shape index (κ3) is 2.26. The summed E-state index contributed by atoms with van der Waals surface area (Å²) < 4.78 is 5.94. The van der Waals surface area contributed by atoms with Gasteiger partial charge in [0, 0.05) is 18.3 Å². The molecule has 0 aromatic rings. The molecule has 3 fully saturated rings. The van der Waals surface area contributed by atoms with Gasteiger partial charge in [-0.15, -0.1) is 0 Å². The summed E-state index contributed by atoms with van der Waals surface area (Å²) in [5.74, 6) is 4.75. The maximum absolute atomic E-state index is 12.7. The first-order valence-electron chi connectivity index (χ1n) is 11.1. The van der Waals surface area contributed by atoms with Gasteiger partial charge in [-0.3, -0.25) is 4.79 Å². The molecule has 2 nitrogen and oxygen atoms in total. The topological polar surface area (TPSA) is 26.3 Å². The molecule has 5 aliphatic carbocycles. The maximum Gasteiger partial charge on any atom is 0.139 e. The van der Waals surface area contributed by atoms with Crippen LogP contribution >= 0.6 is 0 Å². The van der Waals surface area contributed by atoms with Gasteiger partial charge in [-0.2, -0.15) is 0 Å². The van der Waals surface area contributed by atoms with Crippen LogP contribution in [0, 0.1) is 34.5 Å². The lowest BCUT2D eigenvalue weighted by molar-refractivity contribution is -0.131. The zero-order valence-electron chi connectivity index (χ0n) is 16.8. The van der Waals surface area contributed by atoms with E-state index in [4.69, 9.17) is 4.74 Å². The summed E-state index contributed by atoms with van der Waals surface area (Å²) in [6.45, 7) is 7.74. The zero-order valence-corrected chi connectivity index (χ0v) is 16.8. The molecule has 0 aromatic carbocycles. The SMILES string of the molecule is CCOC1=CC2=C(C3CC3)C[C@@H]3[C@H](CC[C@]4(C)C(=O)CC[C@@H]34)[C@@]2(C)CC1.